The van der Waals surface area contributed by atoms with Crippen LogP contribution in [0.1, 0.15) is 17.3 Å². The lowest BCUT2D eigenvalue weighted by molar-refractivity contribution is 0.0332. The third-order valence-electron chi connectivity index (χ3n) is 3.76. The number of carbonyl (C=O) groups is 2. The summed E-state index contributed by atoms with van der Waals surface area (Å²) < 4.78 is 17.7. The fraction of sp³-hybridized carbons (Fsp3) is 0.333. The normalized spacial score (nSPS) is 17.9. The minimum Gasteiger partial charge on any atom is -0.610 e. The van der Waals surface area contributed by atoms with Crippen LogP contribution in [0.3, 0.4) is 0 Å². The Morgan fingerprint density at radius 1 is 1.36 bits per heavy atom. The molecule has 1 saturated heterocycles. The van der Waals surface area contributed by atoms with E-state index in [1.54, 1.807) is 14.0 Å². The summed E-state index contributed by atoms with van der Waals surface area (Å²) >= 11 is 17.7. The van der Waals surface area contributed by atoms with Gasteiger partial charge in [0, 0.05) is 23.2 Å². The average Bonchev–Trinajstić information content (AvgIpc) is 3.18. The van der Waals surface area contributed by atoms with Gasteiger partial charge in [-0.05, 0) is 30.4 Å². The molecule has 0 radical (unpaired) electrons. The Balaban J connectivity index is 1.87. The van der Waals surface area contributed by atoms with Gasteiger partial charge in [-0.3, -0.25) is 0 Å². The molecule has 8 nitrogen and oxygen atoms in total. The quantitative estimate of drug-likeness (QED) is 0.365. The summed E-state index contributed by atoms with van der Waals surface area (Å²) in [5, 5.41) is 8.29. The number of ether oxygens (including phenoxy) is 1. The summed E-state index contributed by atoms with van der Waals surface area (Å²) in [6.45, 7) is 1.84. The summed E-state index contributed by atoms with van der Waals surface area (Å²) in [5.74, 6) is -0.444. The molecule has 1 fully saturated rings. The highest BCUT2D eigenvalue weighted by Gasteiger charge is 2.42. The lowest BCUT2D eigenvalue weighted by Gasteiger charge is -2.20. The number of carbonyl (C=O) groups excluding carboxylic acids is 2. The third kappa shape index (κ3) is 4.17. The van der Waals surface area contributed by atoms with Crippen LogP contribution in [0, 0.1) is 0 Å². The van der Waals surface area contributed by atoms with Crippen molar-refractivity contribution in [1.29, 1.82) is 0 Å². The van der Waals surface area contributed by atoms with Crippen LogP contribution in [0.15, 0.2) is 16.5 Å². The van der Waals surface area contributed by atoms with Crippen molar-refractivity contribution in [2.75, 3.05) is 24.2 Å². The Labute approximate surface area is 182 Å². The number of amides is 2. The smallest absolute Gasteiger partial charge is 0.343 e. The molecule has 1 aliphatic heterocycles. The zero-order chi connectivity index (χ0) is 20.6. The molecule has 1 aliphatic rings. The van der Waals surface area contributed by atoms with Crippen molar-refractivity contribution in [2.45, 2.75) is 17.5 Å². The molecule has 2 unspecified atom stereocenters. The topological polar surface area (TPSA) is 98.7 Å². The van der Waals surface area contributed by atoms with E-state index in [2.05, 4.69) is 10.2 Å². The molecule has 2 aromatic rings. The molecule has 2 amide bonds. The number of anilines is 1. The third-order valence-corrected chi connectivity index (χ3v) is 7.10. The fourth-order valence-corrected chi connectivity index (χ4v) is 5.34. The predicted octanol–water partition coefficient (Wildman–Crippen LogP) is 3.68. The van der Waals surface area contributed by atoms with Gasteiger partial charge in [-0.2, -0.15) is 0 Å². The number of aromatic nitrogens is 2. The number of halogens is 3. The molecule has 3 rings (SSSR count). The van der Waals surface area contributed by atoms with E-state index in [1.165, 1.54) is 21.9 Å². The monoisotopic (exact) mass is 482 g/mol. The zero-order valence-corrected chi connectivity index (χ0v) is 18.4. The second kappa shape index (κ2) is 8.60. The van der Waals surface area contributed by atoms with Gasteiger partial charge >= 0.3 is 16.3 Å². The van der Waals surface area contributed by atoms with Crippen LogP contribution in [0.5, 0.6) is 0 Å². The first-order valence-corrected chi connectivity index (χ1v) is 11.1. The van der Waals surface area contributed by atoms with Gasteiger partial charge in [-0.1, -0.05) is 39.9 Å². The van der Waals surface area contributed by atoms with Gasteiger partial charge in [0.25, 0.3) is 0 Å². The number of hydrogen-bond acceptors (Lipinski definition) is 7. The molecule has 1 aromatic heterocycles. The minimum atomic E-state index is -1.31. The molecule has 2 heterocycles. The van der Waals surface area contributed by atoms with E-state index in [4.69, 9.17) is 39.5 Å². The second-order valence-electron chi connectivity index (χ2n) is 5.62. The highest BCUT2D eigenvalue weighted by Crippen LogP contribution is 2.33. The van der Waals surface area contributed by atoms with Crippen molar-refractivity contribution in [1.82, 2.24) is 15.1 Å². The van der Waals surface area contributed by atoms with Crippen LogP contribution >= 0.6 is 46.1 Å². The first-order chi connectivity index (χ1) is 13.2. The number of benzene rings is 1. The molecule has 150 valence electrons. The highest BCUT2D eigenvalue weighted by atomic mass is 35.5. The van der Waals surface area contributed by atoms with E-state index in [-0.39, 0.29) is 36.6 Å². The predicted molar refractivity (Wildman–Crippen MR) is 108 cm³/mol. The number of urea groups is 1. The van der Waals surface area contributed by atoms with E-state index in [0.29, 0.717) is 5.75 Å². The van der Waals surface area contributed by atoms with Crippen molar-refractivity contribution in [3.05, 3.63) is 32.8 Å². The van der Waals surface area contributed by atoms with E-state index in [0.717, 1.165) is 11.3 Å². The molecule has 28 heavy (non-hydrogen) atoms. The van der Waals surface area contributed by atoms with Crippen molar-refractivity contribution in [2.24, 2.45) is 0 Å². The van der Waals surface area contributed by atoms with Crippen LogP contribution in [0.2, 0.25) is 15.1 Å². The molecule has 0 aliphatic carbocycles. The van der Waals surface area contributed by atoms with E-state index < -0.39 is 29.4 Å². The molecular formula is C15H13Cl3N4O4S2. The van der Waals surface area contributed by atoms with E-state index >= 15 is 0 Å². The van der Waals surface area contributed by atoms with Gasteiger partial charge in [0.1, 0.15) is 5.75 Å². The molecule has 0 saturated carbocycles. The fourth-order valence-electron chi connectivity index (χ4n) is 2.43. The molecule has 13 heteroatoms. The average molecular weight is 484 g/mol. The molecule has 0 bridgehead atoms. The number of likely N-dealkylation sites (N-methyl/N-ethyl adjacent to an activating group) is 1. The van der Waals surface area contributed by atoms with Crippen molar-refractivity contribution in [3.63, 3.8) is 0 Å². The molecule has 2 atom stereocenters. The number of nitrogens with zero attached hydrogens (tertiary/aromatic N) is 4. The number of hydrogen-bond donors (Lipinski definition) is 0. The second-order valence-corrected chi connectivity index (χ2v) is 9.74. The Morgan fingerprint density at radius 2 is 2.00 bits per heavy atom. The first-order valence-electron chi connectivity index (χ1n) is 7.84. The van der Waals surface area contributed by atoms with Gasteiger partial charge < -0.3 is 14.2 Å². The minimum absolute atomic E-state index is 0.0308. The lowest BCUT2D eigenvalue weighted by Crippen LogP contribution is -2.37. The lowest BCUT2D eigenvalue weighted by atomic mass is 10.2. The molecule has 1 aromatic carbocycles. The van der Waals surface area contributed by atoms with Crippen LogP contribution in [0.25, 0.3) is 0 Å². The van der Waals surface area contributed by atoms with Crippen LogP contribution in [0.4, 0.5) is 9.93 Å². The van der Waals surface area contributed by atoms with Gasteiger partial charge in [-0.15, -0.1) is 5.10 Å². The summed E-state index contributed by atoms with van der Waals surface area (Å²) in [7, 11) is 1.55. The maximum absolute atomic E-state index is 12.6. The van der Waals surface area contributed by atoms with Gasteiger partial charge in [0.2, 0.25) is 11.4 Å². The van der Waals surface area contributed by atoms with Crippen LogP contribution < -0.4 is 4.90 Å². The summed E-state index contributed by atoms with van der Waals surface area (Å²) in [5.41, 5.74) is -0.0558. The molecular weight excluding hydrogens is 471 g/mol. The van der Waals surface area contributed by atoms with Crippen LogP contribution in [-0.2, 0) is 15.9 Å². The molecule has 0 spiro atoms. The summed E-state index contributed by atoms with van der Waals surface area (Å²) in [4.78, 5) is 27.7. The van der Waals surface area contributed by atoms with Crippen LogP contribution in [-0.4, -0.2) is 57.2 Å². The summed E-state index contributed by atoms with van der Waals surface area (Å²) in [6.07, 6.45) is -0.983. The SMILES string of the molecule is CC[S+]([O-])c1nnc(N2C(=O)N(C)CC2OC(=O)c2c(Cl)cc(Cl)cc2Cl)s1. The van der Waals surface area contributed by atoms with Gasteiger partial charge in [0.05, 0.1) is 22.2 Å². The standard InChI is InChI=1S/C15H13Cl3N4O4S2/c1-3-28(25)14-20-19-13(27-14)22-10(6-21(2)15(22)24)26-12(23)11-8(17)4-7(16)5-9(11)18/h4-5,10H,3,6H2,1-2H3. The van der Waals surface area contributed by atoms with Gasteiger partial charge in [0.15, 0.2) is 0 Å². The van der Waals surface area contributed by atoms with E-state index in [1.807, 2.05) is 0 Å². The first kappa shape index (κ1) is 21.4. The van der Waals surface area contributed by atoms with Crippen molar-refractivity contribution in [3.8, 4) is 0 Å². The zero-order valence-electron chi connectivity index (χ0n) is 14.5. The Bertz CT molecular complexity index is 905. The number of rotatable bonds is 5. The van der Waals surface area contributed by atoms with Crippen molar-refractivity contribution >= 4 is 74.4 Å². The Kier molecular flexibility index (Phi) is 6.58. The Hall–Kier alpha value is -1.30. The maximum atomic E-state index is 12.6. The number of esters is 1. The van der Waals surface area contributed by atoms with Crippen molar-refractivity contribution < 1.29 is 18.9 Å². The summed E-state index contributed by atoms with van der Waals surface area (Å²) in [6, 6.07) is 2.30. The van der Waals surface area contributed by atoms with Gasteiger partial charge in [-0.25, -0.2) is 14.5 Å². The highest BCUT2D eigenvalue weighted by molar-refractivity contribution is 7.93. The Morgan fingerprint density at radius 3 is 2.61 bits per heavy atom. The molecule has 0 N–H and O–H groups in total. The largest absolute Gasteiger partial charge is 0.610 e. The van der Waals surface area contributed by atoms with E-state index in [9.17, 15) is 14.1 Å². The maximum Gasteiger partial charge on any atom is 0.343 e.